The number of likely N-dealkylation sites (N-methyl/N-ethyl adjacent to an activating group) is 1. The third kappa shape index (κ3) is 4.61. The summed E-state index contributed by atoms with van der Waals surface area (Å²) in [6.07, 6.45) is 0. The first kappa shape index (κ1) is 17.8. The molecule has 0 aliphatic carbocycles. The van der Waals surface area contributed by atoms with E-state index in [1.165, 1.54) is 0 Å². The van der Waals surface area contributed by atoms with Crippen molar-refractivity contribution in [2.75, 3.05) is 27.8 Å². The molecule has 0 aliphatic heterocycles. The number of nitrogens with two attached hydrogens (primary N) is 1. The van der Waals surface area contributed by atoms with Gasteiger partial charge in [0.15, 0.2) is 0 Å². The minimum absolute atomic E-state index is 0.121. The highest BCUT2D eigenvalue weighted by Gasteiger charge is 2.25. The van der Waals surface area contributed by atoms with Gasteiger partial charge in [0.05, 0.1) is 14.2 Å². The van der Waals surface area contributed by atoms with E-state index in [-0.39, 0.29) is 11.5 Å². The first-order chi connectivity index (χ1) is 9.70. The maximum Gasteiger partial charge on any atom is 0.123 e. The van der Waals surface area contributed by atoms with Crippen molar-refractivity contribution >= 4 is 0 Å². The minimum atomic E-state index is -0.121. The van der Waals surface area contributed by atoms with Gasteiger partial charge < -0.3 is 20.1 Å². The molecule has 0 fully saturated rings. The molecule has 120 valence electrons. The first-order valence-electron chi connectivity index (χ1n) is 7.38. The molecule has 21 heavy (non-hydrogen) atoms. The maximum atomic E-state index is 6.40. The monoisotopic (exact) mass is 294 g/mol. The third-order valence-corrected chi connectivity index (χ3v) is 4.24. The van der Waals surface area contributed by atoms with Crippen LogP contribution in [0.25, 0.3) is 0 Å². The van der Waals surface area contributed by atoms with Crippen LogP contribution in [0.1, 0.15) is 39.3 Å². The summed E-state index contributed by atoms with van der Waals surface area (Å²) in [5.74, 6) is 1.60. The zero-order chi connectivity index (χ0) is 16.2. The molecule has 0 spiro atoms. The maximum absolute atomic E-state index is 6.40. The van der Waals surface area contributed by atoms with Crippen molar-refractivity contribution in [3.63, 3.8) is 0 Å². The second-order valence-corrected chi connectivity index (χ2v) is 6.70. The van der Waals surface area contributed by atoms with E-state index in [1.807, 2.05) is 18.2 Å². The van der Waals surface area contributed by atoms with Gasteiger partial charge in [0.25, 0.3) is 0 Å². The number of rotatable bonds is 6. The van der Waals surface area contributed by atoms with Crippen LogP contribution in [0.2, 0.25) is 0 Å². The predicted octanol–water partition coefficient (Wildman–Crippen LogP) is 3.07. The summed E-state index contributed by atoms with van der Waals surface area (Å²) in [6, 6.07) is 6.06. The lowest BCUT2D eigenvalue weighted by Gasteiger charge is -2.36. The zero-order valence-electron chi connectivity index (χ0n) is 14.4. The highest BCUT2D eigenvalue weighted by atomic mass is 16.5. The Morgan fingerprint density at radius 3 is 2.29 bits per heavy atom. The molecule has 4 nitrogen and oxygen atoms in total. The fraction of sp³-hybridized carbons (Fsp3) is 0.647. The largest absolute Gasteiger partial charge is 0.497 e. The number of hydrogen-bond donors (Lipinski definition) is 1. The summed E-state index contributed by atoms with van der Waals surface area (Å²) >= 11 is 0. The molecule has 0 saturated heterocycles. The summed E-state index contributed by atoms with van der Waals surface area (Å²) < 4.78 is 10.7. The van der Waals surface area contributed by atoms with Crippen molar-refractivity contribution < 1.29 is 9.47 Å². The summed E-state index contributed by atoms with van der Waals surface area (Å²) in [6.45, 7) is 9.72. The van der Waals surface area contributed by atoms with Gasteiger partial charge in [0.1, 0.15) is 11.5 Å². The molecule has 1 aromatic rings. The molecule has 0 radical (unpaired) electrons. The van der Waals surface area contributed by atoms with E-state index in [0.717, 1.165) is 23.6 Å². The standard InChI is InChI=1S/C17H30N2O2/c1-12(17(2,3)4)19(5)11-15(18)14-10-13(20-6)8-9-16(14)21-7/h8-10,12,15H,11,18H2,1-7H3. The van der Waals surface area contributed by atoms with Gasteiger partial charge in [-0.2, -0.15) is 0 Å². The lowest BCUT2D eigenvalue weighted by Crippen LogP contribution is -2.42. The third-order valence-electron chi connectivity index (χ3n) is 4.24. The van der Waals surface area contributed by atoms with Crippen LogP contribution in [0.5, 0.6) is 11.5 Å². The molecular formula is C17H30N2O2. The molecule has 0 aliphatic rings. The molecule has 0 amide bonds. The molecule has 2 atom stereocenters. The van der Waals surface area contributed by atoms with Gasteiger partial charge in [0.2, 0.25) is 0 Å². The van der Waals surface area contributed by atoms with Crippen LogP contribution >= 0.6 is 0 Å². The fourth-order valence-electron chi connectivity index (χ4n) is 2.36. The average Bonchev–Trinajstić information content (AvgIpc) is 2.44. The van der Waals surface area contributed by atoms with Crippen LogP contribution in [0.15, 0.2) is 18.2 Å². The van der Waals surface area contributed by atoms with Crippen LogP contribution in [0.4, 0.5) is 0 Å². The van der Waals surface area contributed by atoms with Gasteiger partial charge in [-0.3, -0.25) is 0 Å². The Morgan fingerprint density at radius 2 is 1.81 bits per heavy atom. The number of benzene rings is 1. The number of hydrogen-bond acceptors (Lipinski definition) is 4. The molecule has 1 rings (SSSR count). The molecule has 1 aromatic carbocycles. The van der Waals surface area contributed by atoms with Crippen molar-refractivity contribution in [1.29, 1.82) is 0 Å². The van der Waals surface area contributed by atoms with Gasteiger partial charge in [-0.25, -0.2) is 0 Å². The Kier molecular flexibility index (Phi) is 6.05. The Hall–Kier alpha value is -1.26. The van der Waals surface area contributed by atoms with Gasteiger partial charge in [-0.15, -0.1) is 0 Å². The van der Waals surface area contributed by atoms with Gasteiger partial charge in [0, 0.05) is 24.2 Å². The zero-order valence-corrected chi connectivity index (χ0v) is 14.4. The van der Waals surface area contributed by atoms with Crippen molar-refractivity contribution in [3.8, 4) is 11.5 Å². The second-order valence-electron chi connectivity index (χ2n) is 6.70. The Morgan fingerprint density at radius 1 is 1.19 bits per heavy atom. The van der Waals surface area contributed by atoms with E-state index in [2.05, 4.69) is 39.6 Å². The molecule has 2 unspecified atom stereocenters. The van der Waals surface area contributed by atoms with Crippen molar-refractivity contribution in [2.24, 2.45) is 11.1 Å². The Labute approximate surface area is 129 Å². The number of nitrogens with zero attached hydrogens (tertiary/aromatic N) is 1. The van der Waals surface area contributed by atoms with Crippen LogP contribution in [-0.2, 0) is 0 Å². The van der Waals surface area contributed by atoms with E-state index in [0.29, 0.717) is 6.04 Å². The molecule has 0 saturated carbocycles. The highest BCUT2D eigenvalue weighted by Crippen LogP contribution is 2.30. The van der Waals surface area contributed by atoms with E-state index in [4.69, 9.17) is 15.2 Å². The smallest absolute Gasteiger partial charge is 0.123 e. The van der Waals surface area contributed by atoms with Crippen LogP contribution < -0.4 is 15.2 Å². The summed E-state index contributed by atoms with van der Waals surface area (Å²) in [4.78, 5) is 2.30. The predicted molar refractivity (Wildman–Crippen MR) is 88.0 cm³/mol. The quantitative estimate of drug-likeness (QED) is 0.876. The lowest BCUT2D eigenvalue weighted by molar-refractivity contribution is 0.134. The van der Waals surface area contributed by atoms with Crippen LogP contribution in [0.3, 0.4) is 0 Å². The Bertz CT molecular complexity index is 455. The number of methoxy groups -OCH3 is 2. The molecule has 0 heterocycles. The molecule has 2 N–H and O–H groups in total. The van der Waals surface area contributed by atoms with Gasteiger partial charge >= 0.3 is 0 Å². The van der Waals surface area contributed by atoms with E-state index in [1.54, 1.807) is 14.2 Å². The number of ether oxygens (including phenoxy) is 2. The molecule has 0 bridgehead atoms. The summed E-state index contributed by atoms with van der Waals surface area (Å²) in [7, 11) is 5.44. The molecule has 0 aromatic heterocycles. The SMILES string of the molecule is COc1ccc(OC)c(C(N)CN(C)C(C)C(C)(C)C)c1. The van der Waals surface area contributed by atoms with Crippen molar-refractivity contribution in [1.82, 2.24) is 4.90 Å². The molecule has 4 heteroatoms. The van der Waals surface area contributed by atoms with E-state index < -0.39 is 0 Å². The van der Waals surface area contributed by atoms with Crippen LogP contribution in [-0.4, -0.2) is 38.8 Å². The van der Waals surface area contributed by atoms with Crippen LogP contribution in [0, 0.1) is 5.41 Å². The topological polar surface area (TPSA) is 47.7 Å². The first-order valence-corrected chi connectivity index (χ1v) is 7.38. The van der Waals surface area contributed by atoms with Gasteiger partial charge in [-0.1, -0.05) is 20.8 Å². The average molecular weight is 294 g/mol. The minimum Gasteiger partial charge on any atom is -0.497 e. The lowest BCUT2D eigenvalue weighted by atomic mass is 9.87. The van der Waals surface area contributed by atoms with E-state index in [9.17, 15) is 0 Å². The van der Waals surface area contributed by atoms with Crippen molar-refractivity contribution in [3.05, 3.63) is 23.8 Å². The van der Waals surface area contributed by atoms with Gasteiger partial charge in [-0.05, 0) is 37.6 Å². The fourth-order valence-corrected chi connectivity index (χ4v) is 2.36. The van der Waals surface area contributed by atoms with Crippen molar-refractivity contribution in [2.45, 2.75) is 39.8 Å². The van der Waals surface area contributed by atoms with E-state index >= 15 is 0 Å². The summed E-state index contributed by atoms with van der Waals surface area (Å²) in [5.41, 5.74) is 7.59. The normalized spacial score (nSPS) is 14.9. The summed E-state index contributed by atoms with van der Waals surface area (Å²) in [5, 5.41) is 0. The molecular weight excluding hydrogens is 264 g/mol. The second kappa shape index (κ2) is 7.14. The highest BCUT2D eigenvalue weighted by molar-refractivity contribution is 5.42. The Balaban J connectivity index is 2.90.